The van der Waals surface area contributed by atoms with Crippen LogP contribution in [0.4, 0.5) is 0 Å². The molecule has 1 nitrogen and oxygen atoms in total. The third kappa shape index (κ3) is 7.08. The van der Waals surface area contributed by atoms with Gasteiger partial charge in [-0.1, -0.05) is 65.2 Å². The van der Waals surface area contributed by atoms with E-state index in [1.165, 1.54) is 77.3 Å². The van der Waals surface area contributed by atoms with Gasteiger partial charge in [0, 0.05) is 0 Å². The molecule has 1 saturated carbocycles. The summed E-state index contributed by atoms with van der Waals surface area (Å²) in [5.41, 5.74) is 0. The lowest BCUT2D eigenvalue weighted by Crippen LogP contribution is -2.25. The molecule has 0 spiro atoms. The SMILES string of the molecule is CCCCCCCCCNCC1CCCC1C. The Morgan fingerprint density at radius 1 is 0.941 bits per heavy atom. The van der Waals surface area contributed by atoms with Gasteiger partial charge in [-0.3, -0.25) is 0 Å². The topological polar surface area (TPSA) is 12.0 Å². The molecule has 1 heteroatoms. The van der Waals surface area contributed by atoms with Crippen molar-refractivity contribution in [1.82, 2.24) is 5.32 Å². The van der Waals surface area contributed by atoms with Crippen molar-refractivity contribution in [3.8, 4) is 0 Å². The number of hydrogen-bond acceptors (Lipinski definition) is 1. The minimum atomic E-state index is 0.969. The summed E-state index contributed by atoms with van der Waals surface area (Å²) < 4.78 is 0. The minimum absolute atomic E-state index is 0.969. The van der Waals surface area contributed by atoms with Gasteiger partial charge in [-0.2, -0.15) is 0 Å². The van der Waals surface area contributed by atoms with E-state index in [9.17, 15) is 0 Å². The smallest absolute Gasteiger partial charge is 0.00180 e. The van der Waals surface area contributed by atoms with Crippen molar-refractivity contribution in [2.45, 2.75) is 78.1 Å². The summed E-state index contributed by atoms with van der Waals surface area (Å²) in [5, 5.41) is 3.66. The van der Waals surface area contributed by atoms with Gasteiger partial charge in [0.25, 0.3) is 0 Å². The first-order valence-electron chi connectivity index (χ1n) is 8.05. The van der Waals surface area contributed by atoms with E-state index in [2.05, 4.69) is 19.2 Å². The maximum Gasteiger partial charge on any atom is -0.00180 e. The molecule has 0 radical (unpaired) electrons. The van der Waals surface area contributed by atoms with Crippen LogP contribution >= 0.6 is 0 Å². The molecule has 1 fully saturated rings. The lowest BCUT2D eigenvalue weighted by Gasteiger charge is -2.15. The summed E-state index contributed by atoms with van der Waals surface area (Å²) in [6.45, 7) is 7.23. The summed E-state index contributed by atoms with van der Waals surface area (Å²) in [7, 11) is 0. The first-order valence-corrected chi connectivity index (χ1v) is 8.05. The molecule has 1 aliphatic rings. The van der Waals surface area contributed by atoms with Crippen molar-refractivity contribution in [2.24, 2.45) is 11.8 Å². The molecular formula is C16H33N. The largest absolute Gasteiger partial charge is 0.316 e. The standard InChI is InChI=1S/C16H33N/c1-3-4-5-6-7-8-9-13-17-14-16-12-10-11-15(16)2/h15-17H,3-14H2,1-2H3. The third-order valence-electron chi connectivity index (χ3n) is 4.40. The molecule has 0 saturated heterocycles. The first kappa shape index (κ1) is 15.0. The van der Waals surface area contributed by atoms with E-state index in [1.54, 1.807) is 0 Å². The van der Waals surface area contributed by atoms with Crippen LogP contribution in [0.3, 0.4) is 0 Å². The molecule has 1 rings (SSSR count). The van der Waals surface area contributed by atoms with E-state index in [-0.39, 0.29) is 0 Å². The Balaban J connectivity index is 1.78. The van der Waals surface area contributed by atoms with Crippen LogP contribution in [0.15, 0.2) is 0 Å². The van der Waals surface area contributed by atoms with Gasteiger partial charge in [-0.25, -0.2) is 0 Å². The summed E-state index contributed by atoms with van der Waals surface area (Å²) in [4.78, 5) is 0. The Kier molecular flexibility index (Phi) is 8.78. The van der Waals surface area contributed by atoms with Crippen LogP contribution in [0, 0.1) is 11.8 Å². The second-order valence-electron chi connectivity index (χ2n) is 5.99. The normalized spacial score (nSPS) is 24.4. The monoisotopic (exact) mass is 239 g/mol. The van der Waals surface area contributed by atoms with Crippen molar-refractivity contribution < 1.29 is 0 Å². The predicted molar refractivity (Wildman–Crippen MR) is 77.4 cm³/mol. The molecule has 0 bridgehead atoms. The molecule has 0 aromatic rings. The highest BCUT2D eigenvalue weighted by Crippen LogP contribution is 2.30. The molecule has 0 aliphatic heterocycles. The van der Waals surface area contributed by atoms with E-state index >= 15 is 0 Å². The second kappa shape index (κ2) is 9.94. The Hall–Kier alpha value is -0.0400. The van der Waals surface area contributed by atoms with Gasteiger partial charge in [-0.05, 0) is 37.8 Å². The molecule has 0 heterocycles. The van der Waals surface area contributed by atoms with E-state index in [0.29, 0.717) is 0 Å². The lowest BCUT2D eigenvalue weighted by atomic mass is 9.98. The predicted octanol–water partition coefficient (Wildman–Crippen LogP) is 4.76. The van der Waals surface area contributed by atoms with E-state index < -0.39 is 0 Å². The third-order valence-corrected chi connectivity index (χ3v) is 4.40. The average Bonchev–Trinajstić information content (AvgIpc) is 2.73. The zero-order valence-corrected chi connectivity index (χ0v) is 12.1. The average molecular weight is 239 g/mol. The van der Waals surface area contributed by atoms with Crippen LogP contribution < -0.4 is 5.32 Å². The zero-order valence-electron chi connectivity index (χ0n) is 12.1. The van der Waals surface area contributed by atoms with Crippen molar-refractivity contribution >= 4 is 0 Å². The van der Waals surface area contributed by atoms with Gasteiger partial charge < -0.3 is 5.32 Å². The highest BCUT2D eigenvalue weighted by Gasteiger charge is 2.22. The Labute approximate surface area is 109 Å². The highest BCUT2D eigenvalue weighted by molar-refractivity contribution is 4.75. The molecule has 0 amide bonds. The fraction of sp³-hybridized carbons (Fsp3) is 1.00. The van der Waals surface area contributed by atoms with Crippen LogP contribution in [-0.4, -0.2) is 13.1 Å². The molecule has 102 valence electrons. The van der Waals surface area contributed by atoms with Gasteiger partial charge in [0.15, 0.2) is 0 Å². The van der Waals surface area contributed by atoms with E-state index in [4.69, 9.17) is 0 Å². The number of nitrogens with one attached hydrogen (secondary N) is 1. The molecule has 2 atom stereocenters. The molecular weight excluding hydrogens is 206 g/mol. The molecule has 1 N–H and O–H groups in total. The van der Waals surface area contributed by atoms with Gasteiger partial charge in [0.2, 0.25) is 0 Å². The Bertz CT molecular complexity index is 167. The maximum absolute atomic E-state index is 3.66. The second-order valence-corrected chi connectivity index (χ2v) is 5.99. The Morgan fingerprint density at radius 2 is 1.65 bits per heavy atom. The van der Waals surface area contributed by atoms with Gasteiger partial charge in [-0.15, -0.1) is 0 Å². The maximum atomic E-state index is 3.66. The first-order chi connectivity index (χ1) is 8.34. The van der Waals surface area contributed by atoms with Crippen LogP contribution in [0.1, 0.15) is 78.1 Å². The number of rotatable bonds is 10. The van der Waals surface area contributed by atoms with Crippen molar-refractivity contribution in [2.75, 3.05) is 13.1 Å². The van der Waals surface area contributed by atoms with E-state index in [1.807, 2.05) is 0 Å². The van der Waals surface area contributed by atoms with Gasteiger partial charge >= 0.3 is 0 Å². The number of unbranched alkanes of at least 4 members (excludes halogenated alkanes) is 6. The van der Waals surface area contributed by atoms with Crippen LogP contribution in [0.25, 0.3) is 0 Å². The van der Waals surface area contributed by atoms with Gasteiger partial charge in [0.1, 0.15) is 0 Å². The summed E-state index contributed by atoms with van der Waals surface area (Å²) in [5.74, 6) is 1.94. The fourth-order valence-electron chi connectivity index (χ4n) is 3.02. The minimum Gasteiger partial charge on any atom is -0.316 e. The Morgan fingerprint density at radius 3 is 2.29 bits per heavy atom. The summed E-state index contributed by atoms with van der Waals surface area (Å²) in [6, 6.07) is 0. The quantitative estimate of drug-likeness (QED) is 0.542. The lowest BCUT2D eigenvalue weighted by molar-refractivity contribution is 0.390. The van der Waals surface area contributed by atoms with Crippen LogP contribution in [0.2, 0.25) is 0 Å². The van der Waals surface area contributed by atoms with Crippen molar-refractivity contribution in [1.29, 1.82) is 0 Å². The summed E-state index contributed by atoms with van der Waals surface area (Å²) in [6.07, 6.45) is 14.3. The molecule has 2 unspecified atom stereocenters. The van der Waals surface area contributed by atoms with Crippen LogP contribution in [-0.2, 0) is 0 Å². The highest BCUT2D eigenvalue weighted by atomic mass is 14.9. The van der Waals surface area contributed by atoms with Crippen LogP contribution in [0.5, 0.6) is 0 Å². The molecule has 1 aliphatic carbocycles. The van der Waals surface area contributed by atoms with E-state index in [0.717, 1.165) is 11.8 Å². The number of hydrogen-bond donors (Lipinski definition) is 1. The fourth-order valence-corrected chi connectivity index (χ4v) is 3.02. The van der Waals surface area contributed by atoms with Crippen molar-refractivity contribution in [3.63, 3.8) is 0 Å². The van der Waals surface area contributed by atoms with Crippen molar-refractivity contribution in [3.05, 3.63) is 0 Å². The van der Waals surface area contributed by atoms with Gasteiger partial charge in [0.05, 0.1) is 0 Å². The molecule has 17 heavy (non-hydrogen) atoms. The molecule has 0 aromatic carbocycles. The summed E-state index contributed by atoms with van der Waals surface area (Å²) >= 11 is 0. The zero-order chi connectivity index (χ0) is 12.3. The molecule has 0 aromatic heterocycles.